The Balaban J connectivity index is 1.52. The van der Waals surface area contributed by atoms with Gasteiger partial charge < -0.3 is 19.3 Å². The van der Waals surface area contributed by atoms with E-state index in [1.54, 1.807) is 25.5 Å². The SMILES string of the molecule is CC(C)c1cc(CN(C)C(=O)NCc2nc(-c3ncccn3)no2)on1. The predicted octanol–water partition coefficient (Wildman–Crippen LogP) is 1.98. The number of amides is 2. The molecule has 0 spiro atoms. The molecule has 0 fully saturated rings. The Bertz CT molecular complexity index is 860. The Kier molecular flexibility index (Phi) is 5.20. The summed E-state index contributed by atoms with van der Waals surface area (Å²) in [6, 6.07) is 3.24. The van der Waals surface area contributed by atoms with E-state index < -0.39 is 0 Å². The highest BCUT2D eigenvalue weighted by Gasteiger charge is 2.15. The fourth-order valence-corrected chi connectivity index (χ4v) is 2.10. The van der Waals surface area contributed by atoms with Crippen molar-refractivity contribution in [3.63, 3.8) is 0 Å². The van der Waals surface area contributed by atoms with Crippen molar-refractivity contribution in [2.24, 2.45) is 0 Å². The van der Waals surface area contributed by atoms with Crippen molar-refractivity contribution < 1.29 is 13.8 Å². The van der Waals surface area contributed by atoms with E-state index in [-0.39, 0.29) is 30.2 Å². The highest BCUT2D eigenvalue weighted by atomic mass is 16.5. The van der Waals surface area contributed by atoms with Crippen molar-refractivity contribution >= 4 is 6.03 Å². The number of nitrogens with zero attached hydrogens (tertiary/aromatic N) is 6. The van der Waals surface area contributed by atoms with Crippen molar-refractivity contribution in [2.75, 3.05) is 7.05 Å². The first kappa shape index (κ1) is 17.5. The molecule has 1 N–H and O–H groups in total. The van der Waals surface area contributed by atoms with E-state index in [4.69, 9.17) is 9.05 Å². The predicted molar refractivity (Wildman–Crippen MR) is 89.6 cm³/mol. The van der Waals surface area contributed by atoms with E-state index in [2.05, 4.69) is 30.6 Å². The number of hydrogen-bond acceptors (Lipinski definition) is 8. The molecule has 136 valence electrons. The molecule has 10 nitrogen and oxygen atoms in total. The monoisotopic (exact) mass is 357 g/mol. The van der Waals surface area contributed by atoms with Crippen LogP contribution in [0.1, 0.15) is 37.1 Å². The molecule has 10 heteroatoms. The summed E-state index contributed by atoms with van der Waals surface area (Å²) >= 11 is 0. The summed E-state index contributed by atoms with van der Waals surface area (Å²) in [6.07, 6.45) is 3.17. The fourth-order valence-electron chi connectivity index (χ4n) is 2.10. The molecule has 3 rings (SSSR count). The average molecular weight is 357 g/mol. The Morgan fingerprint density at radius 3 is 2.65 bits per heavy atom. The standard InChI is InChI=1S/C16H19N7O3/c1-10(2)12-7-11(25-21-12)9-23(3)16(24)19-8-13-20-15(22-26-13)14-17-5-4-6-18-14/h4-7,10H,8-9H2,1-3H3,(H,19,24). The van der Waals surface area contributed by atoms with Crippen molar-refractivity contribution in [3.05, 3.63) is 41.9 Å². The van der Waals surface area contributed by atoms with E-state index >= 15 is 0 Å². The molecule has 0 bridgehead atoms. The fraction of sp³-hybridized carbons (Fsp3) is 0.375. The molecule has 0 aliphatic heterocycles. The first-order valence-corrected chi connectivity index (χ1v) is 8.07. The second-order valence-corrected chi connectivity index (χ2v) is 5.97. The highest BCUT2D eigenvalue weighted by Crippen LogP contribution is 2.15. The summed E-state index contributed by atoms with van der Waals surface area (Å²) in [5.41, 5.74) is 0.857. The summed E-state index contributed by atoms with van der Waals surface area (Å²) in [6.45, 7) is 4.45. The van der Waals surface area contributed by atoms with E-state index in [9.17, 15) is 4.79 Å². The van der Waals surface area contributed by atoms with E-state index in [1.807, 2.05) is 19.9 Å². The van der Waals surface area contributed by atoms with Crippen LogP contribution in [0.25, 0.3) is 11.6 Å². The third-order valence-corrected chi connectivity index (χ3v) is 3.53. The van der Waals surface area contributed by atoms with Crippen LogP contribution in [0.15, 0.2) is 33.6 Å². The van der Waals surface area contributed by atoms with Crippen molar-refractivity contribution in [1.82, 2.24) is 35.5 Å². The van der Waals surface area contributed by atoms with Gasteiger partial charge in [-0.05, 0) is 12.0 Å². The maximum absolute atomic E-state index is 12.2. The second-order valence-electron chi connectivity index (χ2n) is 5.97. The van der Waals surface area contributed by atoms with Gasteiger partial charge in [0.05, 0.1) is 18.8 Å². The largest absolute Gasteiger partial charge is 0.359 e. The molecule has 0 radical (unpaired) electrons. The summed E-state index contributed by atoms with van der Waals surface area (Å²) < 4.78 is 10.3. The molecule has 0 aliphatic carbocycles. The first-order valence-electron chi connectivity index (χ1n) is 8.07. The summed E-state index contributed by atoms with van der Waals surface area (Å²) in [4.78, 5) is 25.9. The summed E-state index contributed by atoms with van der Waals surface area (Å²) in [7, 11) is 1.66. The van der Waals surface area contributed by atoms with Crippen LogP contribution in [0.4, 0.5) is 4.79 Å². The number of urea groups is 1. The molecule has 0 aromatic carbocycles. The number of aromatic nitrogens is 5. The van der Waals surface area contributed by atoms with Crippen LogP contribution < -0.4 is 5.32 Å². The van der Waals surface area contributed by atoms with Crippen molar-refractivity contribution in [3.8, 4) is 11.6 Å². The average Bonchev–Trinajstić information content (AvgIpc) is 3.30. The van der Waals surface area contributed by atoms with Gasteiger partial charge in [-0.3, -0.25) is 0 Å². The molecule has 0 aliphatic rings. The minimum Gasteiger partial charge on any atom is -0.359 e. The van der Waals surface area contributed by atoms with Crippen LogP contribution in [0.5, 0.6) is 0 Å². The van der Waals surface area contributed by atoms with Crippen LogP contribution in [-0.4, -0.2) is 43.2 Å². The molecular weight excluding hydrogens is 338 g/mol. The third-order valence-electron chi connectivity index (χ3n) is 3.53. The number of nitrogens with one attached hydrogen (secondary N) is 1. The number of hydrogen-bond donors (Lipinski definition) is 1. The van der Waals surface area contributed by atoms with Crippen LogP contribution >= 0.6 is 0 Å². The van der Waals surface area contributed by atoms with Gasteiger partial charge in [-0.1, -0.05) is 24.2 Å². The maximum atomic E-state index is 12.2. The Hall–Kier alpha value is -3.30. The van der Waals surface area contributed by atoms with E-state index in [0.29, 0.717) is 18.1 Å². The number of carbonyl (C=O) groups excluding carboxylic acids is 1. The molecule has 3 aromatic rings. The van der Waals surface area contributed by atoms with Gasteiger partial charge in [0.25, 0.3) is 0 Å². The maximum Gasteiger partial charge on any atom is 0.317 e. The van der Waals surface area contributed by atoms with E-state index in [1.165, 1.54) is 4.90 Å². The number of carbonyl (C=O) groups is 1. The zero-order valence-corrected chi connectivity index (χ0v) is 14.7. The lowest BCUT2D eigenvalue weighted by atomic mass is 10.1. The minimum absolute atomic E-state index is 0.0939. The van der Waals surface area contributed by atoms with Gasteiger partial charge in [-0.2, -0.15) is 4.98 Å². The lowest BCUT2D eigenvalue weighted by Crippen LogP contribution is -2.36. The van der Waals surface area contributed by atoms with Gasteiger partial charge in [-0.15, -0.1) is 0 Å². The molecule has 26 heavy (non-hydrogen) atoms. The Labute approximate surface area is 149 Å². The molecule has 3 aromatic heterocycles. The molecule has 0 atom stereocenters. The van der Waals surface area contributed by atoms with Crippen LogP contribution in [0, 0.1) is 0 Å². The Morgan fingerprint density at radius 2 is 1.96 bits per heavy atom. The van der Waals surface area contributed by atoms with Crippen molar-refractivity contribution in [2.45, 2.75) is 32.9 Å². The molecular formula is C16H19N7O3. The summed E-state index contributed by atoms with van der Waals surface area (Å²) in [5, 5.41) is 10.5. The third kappa shape index (κ3) is 4.21. The van der Waals surface area contributed by atoms with Crippen LogP contribution in [0.2, 0.25) is 0 Å². The topological polar surface area (TPSA) is 123 Å². The quantitative estimate of drug-likeness (QED) is 0.710. The van der Waals surface area contributed by atoms with Gasteiger partial charge in [-0.25, -0.2) is 14.8 Å². The zero-order chi connectivity index (χ0) is 18.5. The van der Waals surface area contributed by atoms with Gasteiger partial charge in [0.15, 0.2) is 5.76 Å². The van der Waals surface area contributed by atoms with E-state index in [0.717, 1.165) is 5.69 Å². The minimum atomic E-state index is -0.303. The molecule has 0 saturated carbocycles. The molecule has 0 saturated heterocycles. The first-order chi connectivity index (χ1) is 12.5. The molecule has 3 heterocycles. The Morgan fingerprint density at radius 1 is 1.19 bits per heavy atom. The summed E-state index contributed by atoms with van der Waals surface area (Å²) in [5.74, 6) is 1.78. The van der Waals surface area contributed by atoms with Gasteiger partial charge in [0.2, 0.25) is 17.5 Å². The second kappa shape index (κ2) is 7.72. The van der Waals surface area contributed by atoms with Gasteiger partial charge in [0, 0.05) is 25.5 Å². The van der Waals surface area contributed by atoms with Crippen molar-refractivity contribution in [1.29, 1.82) is 0 Å². The molecule has 0 unspecified atom stereocenters. The van der Waals surface area contributed by atoms with Gasteiger partial charge in [0.1, 0.15) is 0 Å². The van der Waals surface area contributed by atoms with Crippen LogP contribution in [0.3, 0.4) is 0 Å². The van der Waals surface area contributed by atoms with Gasteiger partial charge >= 0.3 is 6.03 Å². The number of rotatable bonds is 6. The smallest absolute Gasteiger partial charge is 0.317 e. The molecule has 2 amide bonds. The van der Waals surface area contributed by atoms with Crippen LogP contribution in [-0.2, 0) is 13.1 Å². The normalized spacial score (nSPS) is 10.9. The highest BCUT2D eigenvalue weighted by molar-refractivity contribution is 5.73. The zero-order valence-electron chi connectivity index (χ0n) is 14.7. The lowest BCUT2D eigenvalue weighted by Gasteiger charge is -2.15. The lowest BCUT2D eigenvalue weighted by molar-refractivity contribution is 0.198.